The zero-order valence-corrected chi connectivity index (χ0v) is 21.4. The Morgan fingerprint density at radius 2 is 1.59 bits per heavy atom. The Labute approximate surface area is 224 Å². The zero-order chi connectivity index (χ0) is 27.5. The normalized spacial score (nSPS) is 14.1. The highest BCUT2D eigenvalue weighted by Crippen LogP contribution is 2.25. The Kier molecular flexibility index (Phi) is 6.96. The van der Waals surface area contributed by atoms with E-state index in [0.29, 0.717) is 11.4 Å². The van der Waals surface area contributed by atoms with Crippen LogP contribution in [0.3, 0.4) is 0 Å². The van der Waals surface area contributed by atoms with Crippen LogP contribution in [0.1, 0.15) is 22.3 Å². The molecule has 39 heavy (non-hydrogen) atoms. The molecular weight excluding hydrogens is 496 g/mol. The summed E-state index contributed by atoms with van der Waals surface area (Å²) in [6.45, 7) is 3.35. The third-order valence-electron chi connectivity index (χ3n) is 6.59. The molecule has 9 heteroatoms. The van der Waals surface area contributed by atoms with Crippen molar-refractivity contribution in [2.24, 2.45) is 0 Å². The molecule has 2 N–H and O–H groups in total. The fourth-order valence-electron chi connectivity index (χ4n) is 4.33. The standard InChI is InChI=1S/C30H26N4O5/c1-19-10-9-15-25(20(19)2)34-28(36)23(27(32-34)22-13-7-4-8-14-22)16-24-29(37)33(30(38)31-24)17-26(35)39-18-21-11-5-3-6-12-21/h3-16,32H,17-18H2,1-2H3,(H,31,38). The van der Waals surface area contributed by atoms with Crippen LogP contribution in [0.4, 0.5) is 4.79 Å². The van der Waals surface area contributed by atoms with E-state index in [9.17, 15) is 19.2 Å². The van der Waals surface area contributed by atoms with Crippen molar-refractivity contribution in [3.8, 4) is 16.9 Å². The summed E-state index contributed by atoms with van der Waals surface area (Å²) >= 11 is 0. The third-order valence-corrected chi connectivity index (χ3v) is 6.59. The maximum atomic E-state index is 13.7. The van der Waals surface area contributed by atoms with Crippen LogP contribution in [-0.2, 0) is 20.9 Å². The fourth-order valence-corrected chi connectivity index (χ4v) is 4.33. The van der Waals surface area contributed by atoms with Crippen molar-refractivity contribution in [3.05, 3.63) is 117 Å². The van der Waals surface area contributed by atoms with Crippen LogP contribution in [-0.4, -0.2) is 39.1 Å². The summed E-state index contributed by atoms with van der Waals surface area (Å²) in [5.74, 6) is -1.46. The molecule has 0 atom stereocenters. The van der Waals surface area contributed by atoms with E-state index < -0.39 is 30.0 Å². The van der Waals surface area contributed by atoms with E-state index in [1.807, 2.05) is 80.6 Å². The van der Waals surface area contributed by atoms with Gasteiger partial charge in [-0.05, 0) is 42.7 Å². The van der Waals surface area contributed by atoms with Crippen LogP contribution < -0.4 is 10.9 Å². The molecule has 0 aliphatic carbocycles. The van der Waals surface area contributed by atoms with Gasteiger partial charge in [0, 0.05) is 5.56 Å². The molecule has 1 aliphatic heterocycles. The van der Waals surface area contributed by atoms with E-state index in [0.717, 1.165) is 27.2 Å². The molecule has 3 amide bonds. The lowest BCUT2D eigenvalue weighted by Gasteiger charge is -2.11. The number of aromatic nitrogens is 2. The molecule has 0 bridgehead atoms. The molecule has 1 aliphatic rings. The molecule has 3 aromatic carbocycles. The monoisotopic (exact) mass is 522 g/mol. The van der Waals surface area contributed by atoms with Gasteiger partial charge in [-0.15, -0.1) is 0 Å². The van der Waals surface area contributed by atoms with E-state index in [2.05, 4.69) is 10.4 Å². The number of carbonyl (C=O) groups is 3. The molecular formula is C30H26N4O5. The molecule has 1 fully saturated rings. The number of aryl methyl sites for hydroxylation is 1. The quantitative estimate of drug-likeness (QED) is 0.216. The number of hydrogen-bond donors (Lipinski definition) is 2. The second-order valence-electron chi connectivity index (χ2n) is 9.15. The van der Waals surface area contributed by atoms with Gasteiger partial charge in [0.2, 0.25) is 0 Å². The van der Waals surface area contributed by atoms with E-state index in [1.54, 1.807) is 12.1 Å². The number of esters is 1. The third kappa shape index (κ3) is 5.15. The summed E-state index contributed by atoms with van der Waals surface area (Å²) in [6, 6.07) is 23.2. The number of aromatic amines is 1. The highest BCUT2D eigenvalue weighted by Gasteiger charge is 2.36. The van der Waals surface area contributed by atoms with Gasteiger partial charge in [0.15, 0.2) is 0 Å². The fraction of sp³-hybridized carbons (Fsp3) is 0.133. The van der Waals surface area contributed by atoms with E-state index in [1.165, 1.54) is 10.8 Å². The minimum atomic E-state index is -0.769. The number of carbonyl (C=O) groups excluding carboxylic acids is 3. The summed E-state index contributed by atoms with van der Waals surface area (Å²) in [5, 5.41) is 5.66. The summed E-state index contributed by atoms with van der Waals surface area (Å²) < 4.78 is 6.65. The van der Waals surface area contributed by atoms with Crippen LogP contribution in [0.2, 0.25) is 0 Å². The Bertz CT molecular complexity index is 1650. The summed E-state index contributed by atoms with van der Waals surface area (Å²) in [6.07, 6.45) is 1.35. The number of hydrogen-bond acceptors (Lipinski definition) is 5. The number of benzene rings is 3. The van der Waals surface area contributed by atoms with Crippen molar-refractivity contribution in [2.45, 2.75) is 20.5 Å². The SMILES string of the molecule is Cc1cccc(-n2[nH]c(-c3ccccc3)c(C=C3NC(=O)N(CC(=O)OCc4ccccc4)C3=O)c2=O)c1C. The van der Waals surface area contributed by atoms with Crippen LogP contribution in [0, 0.1) is 13.8 Å². The molecule has 0 unspecified atom stereocenters. The van der Waals surface area contributed by atoms with Gasteiger partial charge >= 0.3 is 12.0 Å². The maximum Gasteiger partial charge on any atom is 0.329 e. The maximum absolute atomic E-state index is 13.7. The number of rotatable bonds is 7. The van der Waals surface area contributed by atoms with Gasteiger partial charge in [0.05, 0.1) is 16.9 Å². The highest BCUT2D eigenvalue weighted by atomic mass is 16.5. The Hall–Kier alpha value is -5.18. The van der Waals surface area contributed by atoms with Crippen molar-refractivity contribution in [1.29, 1.82) is 0 Å². The second-order valence-corrected chi connectivity index (χ2v) is 9.15. The lowest BCUT2D eigenvalue weighted by atomic mass is 10.1. The highest BCUT2D eigenvalue weighted by molar-refractivity contribution is 6.15. The number of imide groups is 1. The summed E-state index contributed by atoms with van der Waals surface area (Å²) in [4.78, 5) is 52.5. The summed E-state index contributed by atoms with van der Waals surface area (Å²) in [5.41, 5.74) is 4.29. The minimum Gasteiger partial charge on any atom is -0.459 e. The van der Waals surface area contributed by atoms with Gasteiger partial charge in [0.25, 0.3) is 11.5 Å². The molecule has 1 aromatic heterocycles. The first-order chi connectivity index (χ1) is 18.8. The number of urea groups is 1. The van der Waals surface area contributed by atoms with E-state index >= 15 is 0 Å². The molecule has 9 nitrogen and oxygen atoms in total. The number of nitrogens with one attached hydrogen (secondary N) is 2. The predicted molar refractivity (Wildman–Crippen MR) is 146 cm³/mol. The van der Waals surface area contributed by atoms with Crippen molar-refractivity contribution < 1.29 is 19.1 Å². The second kappa shape index (κ2) is 10.7. The van der Waals surface area contributed by atoms with Crippen LogP contribution in [0.5, 0.6) is 0 Å². The van der Waals surface area contributed by atoms with Crippen LogP contribution in [0.25, 0.3) is 23.0 Å². The van der Waals surface area contributed by atoms with Crippen molar-refractivity contribution in [2.75, 3.05) is 6.54 Å². The van der Waals surface area contributed by atoms with Crippen LogP contribution >= 0.6 is 0 Å². The van der Waals surface area contributed by atoms with Gasteiger partial charge in [0.1, 0.15) is 18.8 Å². The first kappa shape index (κ1) is 25.5. The Morgan fingerprint density at radius 3 is 2.31 bits per heavy atom. The lowest BCUT2D eigenvalue weighted by Crippen LogP contribution is -2.36. The molecule has 0 spiro atoms. The number of ether oxygens (including phenoxy) is 1. The van der Waals surface area contributed by atoms with E-state index in [-0.39, 0.29) is 17.9 Å². The van der Waals surface area contributed by atoms with Gasteiger partial charge < -0.3 is 10.1 Å². The van der Waals surface area contributed by atoms with Gasteiger partial charge in [-0.3, -0.25) is 19.5 Å². The first-order valence-corrected chi connectivity index (χ1v) is 12.3. The molecule has 0 saturated carbocycles. The van der Waals surface area contributed by atoms with E-state index in [4.69, 9.17) is 4.74 Å². The number of nitrogens with zero attached hydrogens (tertiary/aromatic N) is 2. The average molecular weight is 523 g/mol. The zero-order valence-electron chi connectivity index (χ0n) is 21.4. The average Bonchev–Trinajstić information content (AvgIpc) is 3.41. The topological polar surface area (TPSA) is 114 Å². The number of H-pyrrole nitrogens is 1. The Morgan fingerprint density at radius 1 is 0.897 bits per heavy atom. The van der Waals surface area contributed by atoms with Crippen molar-refractivity contribution in [3.63, 3.8) is 0 Å². The minimum absolute atomic E-state index is 0.0216. The van der Waals surface area contributed by atoms with Gasteiger partial charge in [-0.1, -0.05) is 72.8 Å². The molecule has 4 aromatic rings. The van der Waals surface area contributed by atoms with Crippen molar-refractivity contribution in [1.82, 2.24) is 20.0 Å². The predicted octanol–water partition coefficient (Wildman–Crippen LogP) is 4.09. The van der Waals surface area contributed by atoms with Crippen molar-refractivity contribution >= 4 is 24.0 Å². The molecule has 1 saturated heterocycles. The number of amides is 3. The molecule has 0 radical (unpaired) electrons. The lowest BCUT2D eigenvalue weighted by molar-refractivity contribution is -0.147. The molecule has 196 valence electrons. The first-order valence-electron chi connectivity index (χ1n) is 12.3. The Balaban J connectivity index is 1.46. The summed E-state index contributed by atoms with van der Waals surface area (Å²) in [7, 11) is 0. The molecule has 5 rings (SSSR count). The van der Waals surface area contributed by atoms with Gasteiger partial charge in [-0.25, -0.2) is 14.4 Å². The van der Waals surface area contributed by atoms with Crippen LogP contribution in [0.15, 0.2) is 89.4 Å². The van der Waals surface area contributed by atoms with Gasteiger partial charge in [-0.2, -0.15) is 0 Å². The largest absolute Gasteiger partial charge is 0.459 e. The molecule has 2 heterocycles. The smallest absolute Gasteiger partial charge is 0.329 e.